The Balaban J connectivity index is 1.77. The van der Waals surface area contributed by atoms with E-state index in [2.05, 4.69) is 27.9 Å². The van der Waals surface area contributed by atoms with Gasteiger partial charge in [-0.15, -0.1) is 0 Å². The molecular formula is C19H24N4O2. The van der Waals surface area contributed by atoms with Crippen molar-refractivity contribution < 1.29 is 9.53 Å². The van der Waals surface area contributed by atoms with E-state index in [4.69, 9.17) is 4.74 Å². The molecule has 0 bridgehead atoms. The summed E-state index contributed by atoms with van der Waals surface area (Å²) < 4.78 is 5.35. The number of hydrogen-bond donors (Lipinski definition) is 3. The molecule has 25 heavy (non-hydrogen) atoms. The molecule has 2 aromatic rings. The molecule has 132 valence electrons. The van der Waals surface area contributed by atoms with Crippen LogP contribution in [0.4, 0.5) is 11.5 Å². The lowest BCUT2D eigenvalue weighted by Crippen LogP contribution is -2.46. The summed E-state index contributed by atoms with van der Waals surface area (Å²) in [4.78, 5) is 17.1. The molecule has 1 aromatic carbocycles. The minimum Gasteiger partial charge on any atom is -0.495 e. The van der Waals surface area contributed by atoms with E-state index >= 15 is 0 Å². The molecule has 1 amide bonds. The van der Waals surface area contributed by atoms with Gasteiger partial charge in [0.15, 0.2) is 0 Å². The minimum atomic E-state index is -0.107. The first kappa shape index (κ1) is 17.2. The third kappa shape index (κ3) is 4.28. The lowest BCUT2D eigenvalue weighted by molar-refractivity contribution is 0.0926. The quantitative estimate of drug-likeness (QED) is 0.780. The van der Waals surface area contributed by atoms with E-state index in [1.54, 1.807) is 25.4 Å². The monoisotopic (exact) mass is 340 g/mol. The van der Waals surface area contributed by atoms with Gasteiger partial charge < -0.3 is 20.7 Å². The van der Waals surface area contributed by atoms with Crippen molar-refractivity contribution in [2.45, 2.75) is 31.8 Å². The van der Waals surface area contributed by atoms with Crippen molar-refractivity contribution in [3.63, 3.8) is 0 Å². The normalized spacial score (nSPS) is 19.9. The third-order valence-electron chi connectivity index (χ3n) is 4.37. The minimum absolute atomic E-state index is 0.107. The van der Waals surface area contributed by atoms with Crippen LogP contribution in [-0.2, 0) is 0 Å². The Morgan fingerprint density at radius 1 is 1.28 bits per heavy atom. The number of benzene rings is 1. The molecule has 6 heteroatoms. The van der Waals surface area contributed by atoms with E-state index in [1.165, 1.54) is 0 Å². The third-order valence-corrected chi connectivity index (χ3v) is 4.37. The van der Waals surface area contributed by atoms with Crippen LogP contribution in [0.2, 0.25) is 0 Å². The van der Waals surface area contributed by atoms with Crippen LogP contribution in [0.5, 0.6) is 5.75 Å². The van der Waals surface area contributed by atoms with E-state index < -0.39 is 0 Å². The van der Waals surface area contributed by atoms with Gasteiger partial charge in [-0.2, -0.15) is 0 Å². The molecule has 0 spiro atoms. The lowest BCUT2D eigenvalue weighted by Gasteiger charge is -2.28. The second-order valence-corrected chi connectivity index (χ2v) is 6.27. The maximum atomic E-state index is 12.7. The van der Waals surface area contributed by atoms with Crippen molar-refractivity contribution in [2.24, 2.45) is 0 Å². The number of aromatic nitrogens is 1. The molecule has 1 saturated heterocycles. The maximum Gasteiger partial charge on any atom is 0.255 e. The second-order valence-electron chi connectivity index (χ2n) is 6.27. The summed E-state index contributed by atoms with van der Waals surface area (Å²) in [5.74, 6) is 1.11. The highest BCUT2D eigenvalue weighted by Crippen LogP contribution is 2.27. The van der Waals surface area contributed by atoms with E-state index in [0.717, 1.165) is 25.1 Å². The Kier molecular flexibility index (Phi) is 5.50. The van der Waals surface area contributed by atoms with Crippen molar-refractivity contribution >= 4 is 17.4 Å². The molecule has 3 N–H and O–H groups in total. The molecule has 1 aromatic heterocycles. The van der Waals surface area contributed by atoms with Crippen LogP contribution < -0.4 is 20.7 Å². The molecule has 2 atom stereocenters. The summed E-state index contributed by atoms with van der Waals surface area (Å²) >= 11 is 0. The zero-order valence-corrected chi connectivity index (χ0v) is 14.6. The average molecular weight is 340 g/mol. The van der Waals surface area contributed by atoms with E-state index in [1.807, 2.05) is 24.3 Å². The number of hydrogen-bond acceptors (Lipinski definition) is 5. The first-order valence-electron chi connectivity index (χ1n) is 8.56. The predicted molar refractivity (Wildman–Crippen MR) is 98.5 cm³/mol. The Morgan fingerprint density at radius 3 is 2.92 bits per heavy atom. The van der Waals surface area contributed by atoms with Gasteiger partial charge in [0.2, 0.25) is 0 Å². The number of pyridine rings is 1. The van der Waals surface area contributed by atoms with Gasteiger partial charge in [-0.05, 0) is 50.6 Å². The maximum absolute atomic E-state index is 12.7. The fraction of sp³-hybridized carbons (Fsp3) is 0.368. The number of piperidine rings is 1. The van der Waals surface area contributed by atoms with Gasteiger partial charge >= 0.3 is 0 Å². The summed E-state index contributed by atoms with van der Waals surface area (Å²) in [5.41, 5.74) is 1.30. The van der Waals surface area contributed by atoms with Crippen LogP contribution in [0.1, 0.15) is 30.1 Å². The number of nitrogens with zero attached hydrogens (tertiary/aromatic N) is 1. The summed E-state index contributed by atoms with van der Waals surface area (Å²) in [6.07, 6.45) is 3.54. The molecule has 0 saturated carbocycles. The van der Waals surface area contributed by atoms with Crippen LogP contribution in [-0.4, -0.2) is 36.6 Å². The van der Waals surface area contributed by atoms with Crippen molar-refractivity contribution in [2.75, 3.05) is 19.0 Å². The van der Waals surface area contributed by atoms with Gasteiger partial charge in [0.25, 0.3) is 5.91 Å². The highest BCUT2D eigenvalue weighted by Gasteiger charge is 2.22. The van der Waals surface area contributed by atoms with E-state index in [-0.39, 0.29) is 11.9 Å². The van der Waals surface area contributed by atoms with Gasteiger partial charge in [-0.25, -0.2) is 4.98 Å². The zero-order valence-electron chi connectivity index (χ0n) is 14.6. The number of methoxy groups -OCH3 is 1. The number of nitrogens with one attached hydrogen (secondary N) is 3. The Hall–Kier alpha value is -2.60. The number of anilines is 2. The van der Waals surface area contributed by atoms with Gasteiger partial charge in [-0.3, -0.25) is 4.79 Å². The standard InChI is InChI=1S/C19H24N4O2/c1-13-12-14(9-11-20-13)22-19(24)15-6-5-10-21-18(15)23-16-7-3-4-8-17(16)25-2/h3-8,10,13-14,20H,9,11-12H2,1-2H3,(H,21,23)(H,22,24). The van der Waals surface area contributed by atoms with Crippen molar-refractivity contribution in [3.8, 4) is 5.75 Å². The van der Waals surface area contributed by atoms with Crippen molar-refractivity contribution in [1.29, 1.82) is 0 Å². The van der Waals surface area contributed by atoms with Gasteiger partial charge in [0.05, 0.1) is 18.4 Å². The van der Waals surface area contributed by atoms with Crippen LogP contribution >= 0.6 is 0 Å². The fourth-order valence-corrected chi connectivity index (χ4v) is 3.09. The number of ether oxygens (including phenoxy) is 1. The number of carbonyl (C=O) groups excluding carboxylic acids is 1. The second kappa shape index (κ2) is 7.98. The molecule has 2 unspecified atom stereocenters. The molecule has 6 nitrogen and oxygen atoms in total. The summed E-state index contributed by atoms with van der Waals surface area (Å²) in [6.45, 7) is 3.06. The van der Waals surface area contributed by atoms with Crippen LogP contribution in [0.15, 0.2) is 42.6 Å². The average Bonchev–Trinajstić information content (AvgIpc) is 2.62. The van der Waals surface area contributed by atoms with Crippen molar-refractivity contribution in [1.82, 2.24) is 15.6 Å². The first-order chi connectivity index (χ1) is 12.2. The summed E-state index contributed by atoms with van der Waals surface area (Å²) in [7, 11) is 1.62. The molecular weight excluding hydrogens is 316 g/mol. The molecule has 0 aliphatic carbocycles. The highest BCUT2D eigenvalue weighted by atomic mass is 16.5. The highest BCUT2D eigenvalue weighted by molar-refractivity contribution is 5.99. The number of carbonyl (C=O) groups is 1. The topological polar surface area (TPSA) is 75.3 Å². The molecule has 1 aliphatic rings. The molecule has 3 rings (SSSR count). The van der Waals surface area contributed by atoms with Gasteiger partial charge in [0.1, 0.15) is 11.6 Å². The van der Waals surface area contributed by atoms with E-state index in [9.17, 15) is 4.79 Å². The van der Waals surface area contributed by atoms with Crippen LogP contribution in [0, 0.1) is 0 Å². The van der Waals surface area contributed by atoms with Crippen LogP contribution in [0.25, 0.3) is 0 Å². The summed E-state index contributed by atoms with van der Waals surface area (Å²) in [5, 5.41) is 9.73. The number of rotatable bonds is 5. The molecule has 1 fully saturated rings. The Morgan fingerprint density at radius 2 is 2.12 bits per heavy atom. The largest absolute Gasteiger partial charge is 0.495 e. The summed E-state index contributed by atoms with van der Waals surface area (Å²) in [6, 6.07) is 11.7. The fourth-order valence-electron chi connectivity index (χ4n) is 3.09. The van der Waals surface area contributed by atoms with Crippen LogP contribution in [0.3, 0.4) is 0 Å². The van der Waals surface area contributed by atoms with E-state index in [0.29, 0.717) is 23.2 Å². The smallest absolute Gasteiger partial charge is 0.255 e. The van der Waals surface area contributed by atoms with Gasteiger partial charge in [0, 0.05) is 18.3 Å². The number of para-hydroxylation sites is 2. The predicted octanol–water partition coefficient (Wildman–Crippen LogP) is 2.70. The SMILES string of the molecule is COc1ccccc1Nc1ncccc1C(=O)NC1CCNC(C)C1. The molecule has 1 aliphatic heterocycles. The first-order valence-corrected chi connectivity index (χ1v) is 8.56. The lowest BCUT2D eigenvalue weighted by atomic mass is 10.0. The zero-order chi connectivity index (χ0) is 17.6. The van der Waals surface area contributed by atoms with Crippen molar-refractivity contribution in [3.05, 3.63) is 48.2 Å². The Labute approximate surface area is 148 Å². The molecule has 0 radical (unpaired) electrons. The van der Waals surface area contributed by atoms with Gasteiger partial charge in [-0.1, -0.05) is 12.1 Å². The Bertz CT molecular complexity index is 735. The molecule has 2 heterocycles. The number of amides is 1.